The number of carboxylic acid groups (broad SMARTS) is 1. The molecule has 0 aliphatic heterocycles. The lowest BCUT2D eigenvalue weighted by atomic mass is 10.3. The van der Waals surface area contributed by atoms with Gasteiger partial charge in [0.15, 0.2) is 0 Å². The van der Waals surface area contributed by atoms with E-state index in [1.807, 2.05) is 13.8 Å². The zero-order valence-corrected chi connectivity index (χ0v) is 11.1. The Morgan fingerprint density at radius 1 is 1.53 bits per heavy atom. The van der Waals surface area contributed by atoms with Gasteiger partial charge in [0.2, 0.25) is 10.0 Å². The van der Waals surface area contributed by atoms with Crippen molar-refractivity contribution in [1.29, 1.82) is 0 Å². The van der Waals surface area contributed by atoms with E-state index in [1.54, 1.807) is 6.08 Å². The molecule has 0 unspecified atom stereocenters. The van der Waals surface area contributed by atoms with E-state index in [9.17, 15) is 13.2 Å². The maximum atomic E-state index is 11.8. The van der Waals surface area contributed by atoms with Gasteiger partial charge in [-0.15, -0.1) is 11.3 Å². The summed E-state index contributed by atoms with van der Waals surface area (Å²) < 4.78 is 25.9. The molecule has 1 aromatic heterocycles. The Kier molecular flexibility index (Phi) is 4.44. The van der Waals surface area contributed by atoms with E-state index in [4.69, 9.17) is 5.11 Å². The zero-order chi connectivity index (χ0) is 13.1. The fourth-order valence-corrected chi connectivity index (χ4v) is 3.32. The summed E-state index contributed by atoms with van der Waals surface area (Å²) in [6.07, 6.45) is 1.71. The van der Waals surface area contributed by atoms with Gasteiger partial charge in [0.1, 0.15) is 9.77 Å². The van der Waals surface area contributed by atoms with Gasteiger partial charge in [-0.05, 0) is 25.3 Å². The van der Waals surface area contributed by atoms with Crippen molar-refractivity contribution in [2.24, 2.45) is 0 Å². The molecule has 94 valence electrons. The van der Waals surface area contributed by atoms with E-state index in [2.05, 4.69) is 4.72 Å². The van der Waals surface area contributed by atoms with Crippen molar-refractivity contribution in [3.05, 3.63) is 28.0 Å². The third-order valence-corrected chi connectivity index (χ3v) is 4.39. The first kappa shape index (κ1) is 13.9. The third kappa shape index (κ3) is 3.65. The molecule has 1 aromatic rings. The molecule has 0 aromatic carbocycles. The summed E-state index contributed by atoms with van der Waals surface area (Å²) in [6, 6.07) is 1.29. The first-order valence-corrected chi connectivity index (χ1v) is 7.14. The Bertz CT molecular complexity index is 538. The van der Waals surface area contributed by atoms with Gasteiger partial charge < -0.3 is 5.11 Å². The molecule has 0 saturated carbocycles. The van der Waals surface area contributed by atoms with Gasteiger partial charge in [0.25, 0.3) is 0 Å². The lowest BCUT2D eigenvalue weighted by Crippen LogP contribution is -2.24. The summed E-state index contributed by atoms with van der Waals surface area (Å²) in [5, 5.41) is 10.3. The number of thiophene rings is 1. The van der Waals surface area contributed by atoms with E-state index < -0.39 is 16.0 Å². The van der Waals surface area contributed by atoms with Gasteiger partial charge in [0.05, 0.1) is 0 Å². The number of carbonyl (C=O) groups is 1. The highest BCUT2D eigenvalue weighted by molar-refractivity contribution is 7.89. The van der Waals surface area contributed by atoms with Crippen molar-refractivity contribution in [1.82, 2.24) is 4.72 Å². The predicted octanol–water partition coefficient (Wildman–Crippen LogP) is 1.69. The standard InChI is InChI=1S/C10H13NO4S2/c1-7(2)3-5-11-17(14,15)8-4-6-16-9(8)10(12)13/h3-4,6,11H,5H2,1-2H3,(H,12,13). The van der Waals surface area contributed by atoms with E-state index in [1.165, 1.54) is 11.4 Å². The summed E-state index contributed by atoms with van der Waals surface area (Å²) in [6.45, 7) is 3.85. The minimum absolute atomic E-state index is 0.152. The molecular weight excluding hydrogens is 262 g/mol. The Morgan fingerprint density at radius 2 is 2.18 bits per heavy atom. The number of nitrogens with one attached hydrogen (secondary N) is 1. The number of rotatable bonds is 5. The predicted molar refractivity (Wildman–Crippen MR) is 65.9 cm³/mol. The second kappa shape index (κ2) is 5.44. The lowest BCUT2D eigenvalue weighted by molar-refractivity contribution is 0.0698. The molecular formula is C10H13NO4S2. The van der Waals surface area contributed by atoms with Crippen molar-refractivity contribution in [3.63, 3.8) is 0 Å². The molecule has 0 bridgehead atoms. The average Bonchev–Trinajstić information content (AvgIpc) is 2.65. The maximum absolute atomic E-state index is 11.8. The Labute approximate surface area is 104 Å². The number of hydrogen-bond acceptors (Lipinski definition) is 4. The molecule has 0 spiro atoms. The summed E-state index contributed by atoms with van der Waals surface area (Å²) in [7, 11) is -3.75. The topological polar surface area (TPSA) is 83.5 Å². The van der Waals surface area contributed by atoms with Crippen LogP contribution in [0, 0.1) is 0 Å². The van der Waals surface area contributed by atoms with Crippen LogP contribution in [0.4, 0.5) is 0 Å². The van der Waals surface area contributed by atoms with E-state index in [-0.39, 0.29) is 16.3 Å². The average molecular weight is 275 g/mol. The molecule has 0 radical (unpaired) electrons. The van der Waals surface area contributed by atoms with Crippen LogP contribution in [-0.4, -0.2) is 26.0 Å². The number of carboxylic acids is 1. The second-order valence-corrected chi connectivity index (χ2v) is 6.20. The van der Waals surface area contributed by atoms with Gasteiger partial charge in [-0.2, -0.15) is 0 Å². The molecule has 5 nitrogen and oxygen atoms in total. The van der Waals surface area contributed by atoms with Crippen LogP contribution in [-0.2, 0) is 10.0 Å². The van der Waals surface area contributed by atoms with Gasteiger partial charge >= 0.3 is 5.97 Å². The van der Waals surface area contributed by atoms with Crippen LogP contribution in [0.2, 0.25) is 0 Å². The van der Waals surface area contributed by atoms with Gasteiger partial charge in [-0.3, -0.25) is 0 Å². The molecule has 1 rings (SSSR count). The van der Waals surface area contributed by atoms with Crippen LogP contribution in [0.5, 0.6) is 0 Å². The normalized spacial score (nSPS) is 11.2. The zero-order valence-electron chi connectivity index (χ0n) is 9.43. The molecule has 0 atom stereocenters. The molecule has 2 N–H and O–H groups in total. The van der Waals surface area contributed by atoms with Crippen molar-refractivity contribution in [2.75, 3.05) is 6.54 Å². The van der Waals surface area contributed by atoms with Gasteiger partial charge in [0, 0.05) is 6.54 Å². The monoisotopic (exact) mass is 275 g/mol. The Balaban J connectivity index is 2.94. The van der Waals surface area contributed by atoms with E-state index in [0.717, 1.165) is 16.9 Å². The van der Waals surface area contributed by atoms with Crippen LogP contribution in [0.25, 0.3) is 0 Å². The van der Waals surface area contributed by atoms with Gasteiger partial charge in [-0.25, -0.2) is 17.9 Å². The molecule has 0 aliphatic carbocycles. The molecule has 0 amide bonds. The van der Waals surface area contributed by atoms with Crippen molar-refractivity contribution in [2.45, 2.75) is 18.7 Å². The smallest absolute Gasteiger partial charge is 0.347 e. The van der Waals surface area contributed by atoms with Crippen molar-refractivity contribution < 1.29 is 18.3 Å². The first-order chi connectivity index (χ1) is 7.84. The summed E-state index contributed by atoms with van der Waals surface area (Å²) in [4.78, 5) is 10.5. The summed E-state index contributed by atoms with van der Waals surface area (Å²) in [5.74, 6) is -1.23. The Morgan fingerprint density at radius 3 is 2.71 bits per heavy atom. The molecule has 1 heterocycles. The number of hydrogen-bond donors (Lipinski definition) is 2. The highest BCUT2D eigenvalue weighted by atomic mass is 32.2. The second-order valence-electron chi connectivity index (χ2n) is 3.55. The van der Waals surface area contributed by atoms with Crippen LogP contribution in [0.3, 0.4) is 0 Å². The van der Waals surface area contributed by atoms with Crippen molar-refractivity contribution >= 4 is 27.3 Å². The number of sulfonamides is 1. The third-order valence-electron chi connectivity index (χ3n) is 1.90. The molecule has 0 fully saturated rings. The fraction of sp³-hybridized carbons (Fsp3) is 0.300. The minimum atomic E-state index is -3.75. The summed E-state index contributed by atoms with van der Waals surface area (Å²) >= 11 is 0.890. The largest absolute Gasteiger partial charge is 0.477 e. The van der Waals surface area contributed by atoms with E-state index in [0.29, 0.717) is 0 Å². The van der Waals surface area contributed by atoms with Crippen LogP contribution in [0.15, 0.2) is 28.0 Å². The summed E-state index contributed by atoms with van der Waals surface area (Å²) in [5.41, 5.74) is 0.983. The SMILES string of the molecule is CC(C)=CCNS(=O)(=O)c1ccsc1C(=O)O. The Hall–Kier alpha value is -1.18. The fourth-order valence-electron chi connectivity index (χ4n) is 1.10. The van der Waals surface area contributed by atoms with Crippen LogP contribution < -0.4 is 4.72 Å². The van der Waals surface area contributed by atoms with E-state index >= 15 is 0 Å². The highest BCUT2D eigenvalue weighted by Gasteiger charge is 2.22. The molecule has 0 aliphatic rings. The van der Waals surface area contributed by atoms with Crippen LogP contribution >= 0.6 is 11.3 Å². The maximum Gasteiger partial charge on any atom is 0.347 e. The molecule has 7 heteroatoms. The number of allylic oxidation sites excluding steroid dienone is 1. The molecule has 0 saturated heterocycles. The van der Waals surface area contributed by atoms with Crippen LogP contribution in [0.1, 0.15) is 23.5 Å². The van der Waals surface area contributed by atoms with Crippen molar-refractivity contribution in [3.8, 4) is 0 Å². The minimum Gasteiger partial charge on any atom is -0.477 e. The molecule has 17 heavy (non-hydrogen) atoms. The lowest BCUT2D eigenvalue weighted by Gasteiger charge is -2.03. The number of aromatic carboxylic acids is 1. The van der Waals surface area contributed by atoms with Gasteiger partial charge in [-0.1, -0.05) is 11.6 Å². The highest BCUT2D eigenvalue weighted by Crippen LogP contribution is 2.21. The first-order valence-electron chi connectivity index (χ1n) is 4.78. The quantitative estimate of drug-likeness (QED) is 0.801.